The lowest BCUT2D eigenvalue weighted by Gasteiger charge is -2.36. The van der Waals surface area contributed by atoms with Crippen molar-refractivity contribution in [2.45, 2.75) is 5.54 Å². The molecule has 12 heavy (non-hydrogen) atoms. The number of rotatable bonds is 0. The molecule has 0 fully saturated rings. The minimum atomic E-state index is -0.00521. The normalized spacial score (nSPS) is 34.7. The van der Waals surface area contributed by atoms with Crippen LogP contribution in [0.3, 0.4) is 0 Å². The zero-order valence-electron chi connectivity index (χ0n) is 6.60. The van der Waals surface area contributed by atoms with E-state index in [-0.39, 0.29) is 5.54 Å². The van der Waals surface area contributed by atoms with Crippen LogP contribution in [0, 0.1) is 0 Å². The van der Waals surface area contributed by atoms with Gasteiger partial charge >= 0.3 is 0 Å². The summed E-state index contributed by atoms with van der Waals surface area (Å²) in [4.78, 5) is 2.19. The Kier molecular flexibility index (Phi) is 0.933. The Morgan fingerprint density at radius 1 is 1.42 bits per heavy atom. The van der Waals surface area contributed by atoms with Crippen molar-refractivity contribution in [2.24, 2.45) is 0 Å². The van der Waals surface area contributed by atoms with Gasteiger partial charge in [-0.2, -0.15) is 0 Å². The summed E-state index contributed by atoms with van der Waals surface area (Å²) in [6, 6.07) is 0. The Morgan fingerprint density at radius 2 is 2.42 bits per heavy atom. The Labute approximate surface area is 71.1 Å². The van der Waals surface area contributed by atoms with Gasteiger partial charge in [-0.3, -0.25) is 0 Å². The van der Waals surface area contributed by atoms with Gasteiger partial charge in [0.2, 0.25) is 0 Å². The molecule has 60 valence electrons. The largest absolute Gasteiger partial charge is 0.496 e. The van der Waals surface area contributed by atoms with E-state index >= 15 is 0 Å². The molecule has 3 rings (SSSR count). The molecule has 1 atom stereocenters. The molecule has 0 aromatic heterocycles. The van der Waals surface area contributed by atoms with Crippen LogP contribution in [0.25, 0.3) is 0 Å². The quantitative estimate of drug-likeness (QED) is 0.531. The second-order valence-electron chi connectivity index (χ2n) is 3.22. The van der Waals surface area contributed by atoms with E-state index in [0.717, 1.165) is 6.61 Å². The molecule has 2 aliphatic heterocycles. The summed E-state index contributed by atoms with van der Waals surface area (Å²) in [5.41, 5.74) is 1.32. The van der Waals surface area contributed by atoms with Gasteiger partial charge in [0, 0.05) is 12.4 Å². The lowest BCUT2D eigenvalue weighted by atomic mass is 9.95. The van der Waals surface area contributed by atoms with Crippen LogP contribution in [0.4, 0.5) is 0 Å². The predicted molar refractivity (Wildman–Crippen MR) is 46.0 cm³/mol. The Hall–Kier alpha value is -1.44. The Bertz CT molecular complexity index is 338. The van der Waals surface area contributed by atoms with Crippen molar-refractivity contribution in [1.29, 1.82) is 0 Å². The third kappa shape index (κ3) is 0.524. The maximum absolute atomic E-state index is 5.33. The fourth-order valence-corrected chi connectivity index (χ4v) is 1.95. The zero-order valence-corrected chi connectivity index (χ0v) is 6.60. The summed E-state index contributed by atoms with van der Waals surface area (Å²) < 4.78 is 5.33. The molecule has 0 aromatic carbocycles. The maximum atomic E-state index is 5.33. The van der Waals surface area contributed by atoms with E-state index in [1.165, 1.54) is 5.57 Å². The third-order valence-corrected chi connectivity index (χ3v) is 2.64. The lowest BCUT2D eigenvalue weighted by molar-refractivity contribution is 0.124. The summed E-state index contributed by atoms with van der Waals surface area (Å²) >= 11 is 0. The molecule has 0 amide bonds. The first-order valence-electron chi connectivity index (χ1n) is 4.07. The van der Waals surface area contributed by atoms with Crippen molar-refractivity contribution in [1.82, 2.24) is 4.90 Å². The molecule has 0 unspecified atom stereocenters. The fourth-order valence-electron chi connectivity index (χ4n) is 1.95. The van der Waals surface area contributed by atoms with Gasteiger partial charge in [0.05, 0.1) is 6.26 Å². The molecule has 0 N–H and O–H groups in total. The molecule has 1 spiro atoms. The highest BCUT2D eigenvalue weighted by molar-refractivity contribution is 5.51. The zero-order chi connectivity index (χ0) is 8.02. The minimum absolute atomic E-state index is 0.00521. The van der Waals surface area contributed by atoms with E-state index in [9.17, 15) is 0 Å². The number of hydrogen-bond acceptors (Lipinski definition) is 2. The van der Waals surface area contributed by atoms with Crippen LogP contribution in [-0.2, 0) is 4.74 Å². The second kappa shape index (κ2) is 1.83. The van der Waals surface area contributed by atoms with E-state index in [4.69, 9.17) is 4.74 Å². The highest BCUT2D eigenvalue weighted by atomic mass is 16.5. The Morgan fingerprint density at radius 3 is 3.42 bits per heavy atom. The standard InChI is InChI=1S/C10H9NO/c1-2-9-3-5-11-6-7-12-8-10(9,11)4-1/h1-7H,8H2/t10-/m1/s1. The summed E-state index contributed by atoms with van der Waals surface area (Å²) in [6.45, 7) is 0.721. The number of ether oxygens (including phenoxy) is 1. The molecule has 2 heteroatoms. The van der Waals surface area contributed by atoms with Crippen molar-refractivity contribution in [2.75, 3.05) is 6.61 Å². The molecule has 0 bridgehead atoms. The lowest BCUT2D eigenvalue weighted by Crippen LogP contribution is -2.44. The van der Waals surface area contributed by atoms with Gasteiger partial charge in [-0.25, -0.2) is 0 Å². The molecule has 2 nitrogen and oxygen atoms in total. The Balaban J connectivity index is 2.16. The van der Waals surface area contributed by atoms with Gasteiger partial charge in [-0.05, 0) is 11.6 Å². The van der Waals surface area contributed by atoms with Crippen LogP contribution < -0.4 is 0 Å². The first-order valence-corrected chi connectivity index (χ1v) is 4.07. The molecule has 3 aliphatic rings. The predicted octanol–water partition coefficient (Wildman–Crippen LogP) is 1.55. The molecular formula is C10H9NO. The molecule has 2 heterocycles. The van der Waals surface area contributed by atoms with E-state index in [1.54, 1.807) is 6.26 Å². The average Bonchev–Trinajstić information content (AvgIpc) is 2.59. The molecule has 1 aliphatic carbocycles. The highest BCUT2D eigenvalue weighted by Crippen LogP contribution is 2.39. The summed E-state index contributed by atoms with van der Waals surface area (Å²) in [5, 5.41) is 0. The SMILES string of the molecule is C1=C[C@]23COC=CN2C=CC3=C1. The number of allylic oxidation sites excluding steroid dienone is 2. The molecule has 0 radical (unpaired) electrons. The van der Waals surface area contributed by atoms with Crippen LogP contribution in [0.1, 0.15) is 0 Å². The minimum Gasteiger partial charge on any atom is -0.496 e. The topological polar surface area (TPSA) is 12.5 Å². The summed E-state index contributed by atoms with van der Waals surface area (Å²) in [5.74, 6) is 0. The first kappa shape index (κ1) is 6.12. The van der Waals surface area contributed by atoms with E-state index in [0.29, 0.717) is 0 Å². The van der Waals surface area contributed by atoms with E-state index in [1.807, 2.05) is 6.20 Å². The smallest absolute Gasteiger partial charge is 0.122 e. The van der Waals surface area contributed by atoms with E-state index in [2.05, 4.69) is 35.4 Å². The fraction of sp³-hybridized carbons (Fsp3) is 0.200. The molecule has 0 saturated carbocycles. The van der Waals surface area contributed by atoms with Gasteiger partial charge in [-0.15, -0.1) is 0 Å². The van der Waals surface area contributed by atoms with Crippen LogP contribution in [0.2, 0.25) is 0 Å². The highest BCUT2D eigenvalue weighted by Gasteiger charge is 2.42. The second-order valence-corrected chi connectivity index (χ2v) is 3.22. The first-order chi connectivity index (χ1) is 5.92. The molecule has 0 saturated heterocycles. The summed E-state index contributed by atoms with van der Waals surface area (Å²) in [6.07, 6.45) is 14.4. The number of hydrogen-bond donors (Lipinski definition) is 0. The molecule has 0 aromatic rings. The van der Waals surface area contributed by atoms with Crippen LogP contribution in [0.15, 0.2) is 48.5 Å². The van der Waals surface area contributed by atoms with Crippen molar-refractivity contribution >= 4 is 0 Å². The van der Waals surface area contributed by atoms with Gasteiger partial charge < -0.3 is 9.64 Å². The van der Waals surface area contributed by atoms with Gasteiger partial charge in [0.1, 0.15) is 12.1 Å². The van der Waals surface area contributed by atoms with Crippen molar-refractivity contribution in [3.05, 3.63) is 48.5 Å². The van der Waals surface area contributed by atoms with E-state index < -0.39 is 0 Å². The number of nitrogens with zero attached hydrogens (tertiary/aromatic N) is 1. The van der Waals surface area contributed by atoms with Gasteiger partial charge in [0.15, 0.2) is 0 Å². The van der Waals surface area contributed by atoms with Crippen molar-refractivity contribution < 1.29 is 4.74 Å². The third-order valence-electron chi connectivity index (χ3n) is 2.64. The average molecular weight is 159 g/mol. The van der Waals surface area contributed by atoms with Crippen LogP contribution in [0.5, 0.6) is 0 Å². The van der Waals surface area contributed by atoms with Crippen LogP contribution >= 0.6 is 0 Å². The van der Waals surface area contributed by atoms with Gasteiger partial charge in [-0.1, -0.05) is 18.2 Å². The van der Waals surface area contributed by atoms with Crippen molar-refractivity contribution in [3.63, 3.8) is 0 Å². The monoisotopic (exact) mass is 159 g/mol. The van der Waals surface area contributed by atoms with Crippen molar-refractivity contribution in [3.8, 4) is 0 Å². The maximum Gasteiger partial charge on any atom is 0.122 e. The summed E-state index contributed by atoms with van der Waals surface area (Å²) in [7, 11) is 0. The van der Waals surface area contributed by atoms with Crippen LogP contribution in [-0.4, -0.2) is 17.0 Å². The molecular weight excluding hydrogens is 150 g/mol. The van der Waals surface area contributed by atoms with Gasteiger partial charge in [0.25, 0.3) is 0 Å².